The van der Waals surface area contributed by atoms with Gasteiger partial charge < -0.3 is 10.2 Å². The number of nitrogens with zero attached hydrogens (tertiary/aromatic N) is 3. The van der Waals surface area contributed by atoms with Crippen molar-refractivity contribution in [2.24, 2.45) is 5.92 Å². The molecule has 2 rings (SSSR count). The van der Waals surface area contributed by atoms with Crippen LogP contribution >= 0.6 is 11.3 Å². The topological polar surface area (TPSA) is 31.4 Å². The van der Waals surface area contributed by atoms with Gasteiger partial charge >= 0.3 is 0 Å². The summed E-state index contributed by atoms with van der Waals surface area (Å²) in [5.74, 6) is 0.742. The standard InChI is InChI=1S/C13H24N4S/c1-12(2)11-14-3-5-16-6-8-17(9-7-16)13-15-4-10-18-13/h4,10,12,14H,3,5-9,11H2,1-2H3. The van der Waals surface area contributed by atoms with Gasteiger partial charge in [-0.05, 0) is 12.5 Å². The van der Waals surface area contributed by atoms with Crippen LogP contribution in [0.15, 0.2) is 11.6 Å². The first-order valence-electron chi connectivity index (χ1n) is 6.83. The summed E-state index contributed by atoms with van der Waals surface area (Å²) in [5.41, 5.74) is 0. The summed E-state index contributed by atoms with van der Waals surface area (Å²) in [5, 5.41) is 6.73. The fourth-order valence-electron chi connectivity index (χ4n) is 2.16. The van der Waals surface area contributed by atoms with E-state index in [-0.39, 0.29) is 0 Å². The number of hydrogen-bond acceptors (Lipinski definition) is 5. The minimum atomic E-state index is 0.742. The molecule has 0 radical (unpaired) electrons. The summed E-state index contributed by atoms with van der Waals surface area (Å²) in [6.45, 7) is 12.4. The van der Waals surface area contributed by atoms with Gasteiger partial charge in [-0.2, -0.15) is 0 Å². The van der Waals surface area contributed by atoms with Gasteiger partial charge in [0, 0.05) is 50.8 Å². The lowest BCUT2D eigenvalue weighted by atomic mass is 10.2. The maximum atomic E-state index is 4.37. The van der Waals surface area contributed by atoms with Crippen LogP contribution in [0.25, 0.3) is 0 Å². The van der Waals surface area contributed by atoms with Crippen LogP contribution in [0.2, 0.25) is 0 Å². The van der Waals surface area contributed by atoms with Gasteiger partial charge in [-0.3, -0.25) is 4.90 Å². The molecular weight excluding hydrogens is 244 g/mol. The van der Waals surface area contributed by atoms with Gasteiger partial charge in [0.2, 0.25) is 0 Å². The molecule has 1 aliphatic rings. The van der Waals surface area contributed by atoms with E-state index in [0.717, 1.165) is 45.2 Å². The molecule has 1 saturated heterocycles. The highest BCUT2D eigenvalue weighted by atomic mass is 32.1. The second kappa shape index (κ2) is 7.07. The van der Waals surface area contributed by atoms with Gasteiger partial charge in [-0.15, -0.1) is 11.3 Å². The third-order valence-electron chi connectivity index (χ3n) is 3.22. The normalized spacial score (nSPS) is 17.6. The first-order valence-corrected chi connectivity index (χ1v) is 7.71. The number of nitrogens with one attached hydrogen (secondary N) is 1. The maximum absolute atomic E-state index is 4.37. The Morgan fingerprint density at radius 3 is 2.72 bits per heavy atom. The molecule has 0 bridgehead atoms. The number of anilines is 1. The third kappa shape index (κ3) is 4.23. The molecule has 0 aromatic carbocycles. The Kier molecular flexibility index (Phi) is 5.41. The van der Waals surface area contributed by atoms with E-state index in [9.17, 15) is 0 Å². The van der Waals surface area contributed by atoms with E-state index < -0.39 is 0 Å². The lowest BCUT2D eigenvalue weighted by Gasteiger charge is -2.34. The predicted molar refractivity (Wildman–Crippen MR) is 78.5 cm³/mol. The molecule has 0 saturated carbocycles. The molecular formula is C13H24N4S. The summed E-state index contributed by atoms with van der Waals surface area (Å²) in [7, 11) is 0. The minimum absolute atomic E-state index is 0.742. The summed E-state index contributed by atoms with van der Waals surface area (Å²) in [4.78, 5) is 9.30. The molecule has 5 heteroatoms. The molecule has 1 aromatic heterocycles. The minimum Gasteiger partial charge on any atom is -0.346 e. The second-order valence-electron chi connectivity index (χ2n) is 5.24. The predicted octanol–water partition coefficient (Wildman–Crippen LogP) is 1.51. The van der Waals surface area contributed by atoms with Crippen molar-refractivity contribution in [3.05, 3.63) is 11.6 Å². The van der Waals surface area contributed by atoms with Crippen LogP contribution in [0.5, 0.6) is 0 Å². The van der Waals surface area contributed by atoms with Crippen LogP contribution in [0.3, 0.4) is 0 Å². The van der Waals surface area contributed by atoms with E-state index in [0.29, 0.717) is 0 Å². The molecule has 2 heterocycles. The van der Waals surface area contributed by atoms with Crippen LogP contribution in [0.4, 0.5) is 5.13 Å². The molecule has 1 aliphatic heterocycles. The highest BCUT2D eigenvalue weighted by Gasteiger charge is 2.17. The Labute approximate surface area is 114 Å². The molecule has 1 N–H and O–H groups in total. The van der Waals surface area contributed by atoms with Crippen molar-refractivity contribution in [1.29, 1.82) is 0 Å². The Balaban J connectivity index is 1.62. The zero-order valence-electron chi connectivity index (χ0n) is 11.4. The number of hydrogen-bond donors (Lipinski definition) is 1. The van der Waals surface area contributed by atoms with Crippen LogP contribution in [-0.2, 0) is 0 Å². The molecule has 102 valence electrons. The monoisotopic (exact) mass is 268 g/mol. The Morgan fingerprint density at radius 1 is 1.33 bits per heavy atom. The molecule has 1 fully saturated rings. The Morgan fingerprint density at radius 2 is 2.11 bits per heavy atom. The molecule has 0 atom stereocenters. The van der Waals surface area contributed by atoms with Crippen LogP contribution < -0.4 is 10.2 Å². The van der Waals surface area contributed by atoms with Crippen molar-refractivity contribution in [2.75, 3.05) is 50.7 Å². The highest BCUT2D eigenvalue weighted by Crippen LogP contribution is 2.18. The molecule has 0 spiro atoms. The van der Waals surface area contributed by atoms with E-state index in [1.165, 1.54) is 11.7 Å². The number of piperazine rings is 1. The lowest BCUT2D eigenvalue weighted by molar-refractivity contribution is 0.256. The number of rotatable bonds is 6. The summed E-state index contributed by atoms with van der Waals surface area (Å²) in [6, 6.07) is 0. The summed E-state index contributed by atoms with van der Waals surface area (Å²) in [6.07, 6.45) is 1.89. The molecule has 0 aliphatic carbocycles. The third-order valence-corrected chi connectivity index (χ3v) is 4.05. The zero-order valence-corrected chi connectivity index (χ0v) is 12.2. The van der Waals surface area contributed by atoms with Gasteiger partial charge in [0.1, 0.15) is 0 Å². The molecule has 0 amide bonds. The van der Waals surface area contributed by atoms with E-state index in [1.807, 2.05) is 6.20 Å². The van der Waals surface area contributed by atoms with Gasteiger partial charge in [-0.1, -0.05) is 13.8 Å². The van der Waals surface area contributed by atoms with Crippen molar-refractivity contribution in [3.8, 4) is 0 Å². The van der Waals surface area contributed by atoms with Crippen molar-refractivity contribution in [3.63, 3.8) is 0 Å². The Hall–Kier alpha value is -0.650. The van der Waals surface area contributed by atoms with E-state index in [2.05, 4.69) is 39.3 Å². The largest absolute Gasteiger partial charge is 0.346 e. The van der Waals surface area contributed by atoms with Crippen molar-refractivity contribution < 1.29 is 0 Å². The van der Waals surface area contributed by atoms with Crippen LogP contribution in [0.1, 0.15) is 13.8 Å². The lowest BCUT2D eigenvalue weighted by Crippen LogP contribution is -2.48. The van der Waals surface area contributed by atoms with Gasteiger partial charge in [0.25, 0.3) is 0 Å². The maximum Gasteiger partial charge on any atom is 0.185 e. The molecule has 18 heavy (non-hydrogen) atoms. The first kappa shape index (κ1) is 13.8. The SMILES string of the molecule is CC(C)CNCCN1CCN(c2nccs2)CC1. The quantitative estimate of drug-likeness (QED) is 0.793. The van der Waals surface area contributed by atoms with Gasteiger partial charge in [0.15, 0.2) is 5.13 Å². The van der Waals surface area contributed by atoms with Gasteiger partial charge in [0.05, 0.1) is 0 Å². The molecule has 0 unspecified atom stereocenters. The van der Waals surface area contributed by atoms with Crippen molar-refractivity contribution in [2.45, 2.75) is 13.8 Å². The average Bonchev–Trinajstić information content (AvgIpc) is 2.89. The van der Waals surface area contributed by atoms with Crippen molar-refractivity contribution in [1.82, 2.24) is 15.2 Å². The van der Waals surface area contributed by atoms with Gasteiger partial charge in [-0.25, -0.2) is 4.98 Å². The Bertz CT molecular complexity index is 318. The molecule has 4 nitrogen and oxygen atoms in total. The van der Waals surface area contributed by atoms with E-state index in [1.54, 1.807) is 11.3 Å². The fourth-order valence-corrected chi connectivity index (χ4v) is 2.86. The number of thiazole rings is 1. The fraction of sp³-hybridized carbons (Fsp3) is 0.769. The second-order valence-corrected chi connectivity index (χ2v) is 6.11. The van der Waals surface area contributed by atoms with Crippen LogP contribution in [0, 0.1) is 5.92 Å². The van der Waals surface area contributed by atoms with E-state index in [4.69, 9.17) is 0 Å². The number of aromatic nitrogens is 1. The summed E-state index contributed by atoms with van der Waals surface area (Å²) < 4.78 is 0. The van der Waals surface area contributed by atoms with Crippen LogP contribution in [-0.4, -0.2) is 55.7 Å². The average molecular weight is 268 g/mol. The molecule has 1 aromatic rings. The van der Waals surface area contributed by atoms with Crippen molar-refractivity contribution >= 4 is 16.5 Å². The zero-order chi connectivity index (χ0) is 12.8. The summed E-state index contributed by atoms with van der Waals surface area (Å²) >= 11 is 1.74. The smallest absolute Gasteiger partial charge is 0.185 e. The van der Waals surface area contributed by atoms with E-state index >= 15 is 0 Å². The highest BCUT2D eigenvalue weighted by molar-refractivity contribution is 7.13. The first-order chi connectivity index (χ1) is 8.75.